The standard InChI is InChI=1S/C20H19N5O2S/c1-24(11-14-3-4-16-10-18(27-2)6-5-15(16)9-14)19(26)12-25-22-20(21-23-25)17-7-8-28-13-17/h3-10,13H,11-12H2,1-2H3. The van der Waals surface area contributed by atoms with Crippen molar-refractivity contribution in [1.29, 1.82) is 0 Å². The molecule has 0 aliphatic carbocycles. The molecule has 0 fully saturated rings. The van der Waals surface area contributed by atoms with E-state index in [4.69, 9.17) is 4.74 Å². The van der Waals surface area contributed by atoms with Gasteiger partial charge in [0, 0.05) is 24.5 Å². The van der Waals surface area contributed by atoms with E-state index in [2.05, 4.69) is 21.5 Å². The molecule has 0 N–H and O–H groups in total. The van der Waals surface area contributed by atoms with E-state index in [-0.39, 0.29) is 12.5 Å². The monoisotopic (exact) mass is 393 g/mol. The van der Waals surface area contributed by atoms with Crippen LogP contribution in [-0.2, 0) is 17.9 Å². The molecule has 0 bridgehead atoms. The number of carbonyl (C=O) groups is 1. The Kier molecular flexibility index (Phi) is 5.03. The average Bonchev–Trinajstić information content (AvgIpc) is 3.39. The van der Waals surface area contributed by atoms with Gasteiger partial charge in [0.1, 0.15) is 12.3 Å². The number of aromatic nitrogens is 4. The van der Waals surface area contributed by atoms with Gasteiger partial charge in [-0.05, 0) is 51.2 Å². The van der Waals surface area contributed by atoms with Gasteiger partial charge in [-0.15, -0.1) is 10.2 Å². The number of hydrogen-bond donors (Lipinski definition) is 0. The van der Waals surface area contributed by atoms with Crippen molar-refractivity contribution in [2.24, 2.45) is 0 Å². The SMILES string of the molecule is COc1ccc2cc(CN(C)C(=O)Cn3nnc(-c4ccsc4)n3)ccc2c1. The van der Waals surface area contributed by atoms with Gasteiger partial charge in [0.2, 0.25) is 11.7 Å². The van der Waals surface area contributed by atoms with Gasteiger partial charge < -0.3 is 9.64 Å². The lowest BCUT2D eigenvalue weighted by molar-refractivity contribution is -0.131. The first-order chi connectivity index (χ1) is 13.6. The average molecular weight is 393 g/mol. The van der Waals surface area contributed by atoms with E-state index in [1.807, 2.05) is 47.2 Å². The fourth-order valence-corrected chi connectivity index (χ4v) is 3.55. The van der Waals surface area contributed by atoms with Crippen LogP contribution in [0.3, 0.4) is 0 Å². The number of thiophene rings is 1. The molecule has 28 heavy (non-hydrogen) atoms. The Balaban J connectivity index is 1.42. The fourth-order valence-electron chi connectivity index (χ4n) is 2.92. The number of hydrogen-bond acceptors (Lipinski definition) is 6. The molecule has 0 saturated carbocycles. The minimum Gasteiger partial charge on any atom is -0.497 e. The highest BCUT2D eigenvalue weighted by molar-refractivity contribution is 7.08. The maximum absolute atomic E-state index is 12.5. The second-order valence-corrected chi connectivity index (χ2v) is 7.23. The van der Waals surface area contributed by atoms with Gasteiger partial charge in [-0.1, -0.05) is 18.2 Å². The summed E-state index contributed by atoms with van der Waals surface area (Å²) in [7, 11) is 3.43. The van der Waals surface area contributed by atoms with E-state index in [0.717, 1.165) is 27.6 Å². The van der Waals surface area contributed by atoms with Crippen molar-refractivity contribution < 1.29 is 9.53 Å². The Labute approximate surface area is 166 Å². The number of methoxy groups -OCH3 is 1. The molecule has 142 valence electrons. The minimum atomic E-state index is -0.0795. The second-order valence-electron chi connectivity index (χ2n) is 6.45. The fraction of sp³-hybridized carbons (Fsp3) is 0.200. The summed E-state index contributed by atoms with van der Waals surface area (Å²) in [5, 5.41) is 18.4. The molecule has 4 aromatic rings. The van der Waals surface area contributed by atoms with Gasteiger partial charge in [-0.3, -0.25) is 4.79 Å². The molecular formula is C20H19N5O2S. The van der Waals surface area contributed by atoms with Gasteiger partial charge in [0.15, 0.2) is 0 Å². The van der Waals surface area contributed by atoms with E-state index < -0.39 is 0 Å². The lowest BCUT2D eigenvalue weighted by Gasteiger charge is -2.17. The van der Waals surface area contributed by atoms with E-state index in [0.29, 0.717) is 12.4 Å². The molecular weight excluding hydrogens is 374 g/mol. The molecule has 0 radical (unpaired) electrons. The van der Waals surface area contributed by atoms with Crippen LogP contribution in [-0.4, -0.2) is 45.2 Å². The van der Waals surface area contributed by atoms with Crippen molar-refractivity contribution >= 4 is 28.0 Å². The van der Waals surface area contributed by atoms with Crippen molar-refractivity contribution in [2.75, 3.05) is 14.2 Å². The third kappa shape index (κ3) is 3.86. The summed E-state index contributed by atoms with van der Waals surface area (Å²) in [6.07, 6.45) is 0. The smallest absolute Gasteiger partial charge is 0.246 e. The molecule has 0 saturated heterocycles. The number of carbonyl (C=O) groups excluding carboxylic acids is 1. The normalized spacial score (nSPS) is 10.9. The number of benzene rings is 2. The Bertz CT molecular complexity index is 1110. The largest absolute Gasteiger partial charge is 0.497 e. The number of likely N-dealkylation sites (N-methyl/N-ethyl adjacent to an activating group) is 1. The second kappa shape index (κ2) is 7.77. The summed E-state index contributed by atoms with van der Waals surface area (Å²) < 4.78 is 5.26. The van der Waals surface area contributed by atoms with E-state index in [1.165, 1.54) is 4.80 Å². The molecule has 0 aliphatic rings. The van der Waals surface area contributed by atoms with Crippen LogP contribution in [0.15, 0.2) is 53.2 Å². The van der Waals surface area contributed by atoms with Crippen LogP contribution in [0.2, 0.25) is 0 Å². The number of ether oxygens (including phenoxy) is 1. The number of fused-ring (bicyclic) bond motifs is 1. The molecule has 0 atom stereocenters. The van der Waals surface area contributed by atoms with Crippen LogP contribution in [0.5, 0.6) is 5.75 Å². The first-order valence-corrected chi connectivity index (χ1v) is 9.68. The third-order valence-electron chi connectivity index (χ3n) is 4.47. The topological polar surface area (TPSA) is 73.1 Å². The Morgan fingerprint density at radius 1 is 1.18 bits per heavy atom. The lowest BCUT2D eigenvalue weighted by Crippen LogP contribution is -2.30. The number of rotatable bonds is 6. The molecule has 1 amide bonds. The summed E-state index contributed by atoms with van der Waals surface area (Å²) >= 11 is 1.57. The maximum Gasteiger partial charge on any atom is 0.246 e. The van der Waals surface area contributed by atoms with Crippen LogP contribution in [0.4, 0.5) is 0 Å². The zero-order chi connectivity index (χ0) is 19.5. The highest BCUT2D eigenvalue weighted by Gasteiger charge is 2.14. The van der Waals surface area contributed by atoms with Gasteiger partial charge in [0.05, 0.1) is 7.11 Å². The predicted molar refractivity (Wildman–Crippen MR) is 108 cm³/mol. The summed E-state index contributed by atoms with van der Waals surface area (Å²) in [4.78, 5) is 15.5. The molecule has 4 rings (SSSR count). The molecule has 8 heteroatoms. The maximum atomic E-state index is 12.5. The first kappa shape index (κ1) is 18.1. The molecule has 0 aliphatic heterocycles. The number of amides is 1. The van der Waals surface area contributed by atoms with E-state index in [9.17, 15) is 4.79 Å². The highest BCUT2D eigenvalue weighted by Crippen LogP contribution is 2.22. The van der Waals surface area contributed by atoms with E-state index in [1.54, 1.807) is 30.4 Å². The van der Waals surface area contributed by atoms with Gasteiger partial charge in [0.25, 0.3) is 0 Å². The van der Waals surface area contributed by atoms with Crippen molar-refractivity contribution in [3.63, 3.8) is 0 Å². The van der Waals surface area contributed by atoms with Crippen LogP contribution >= 0.6 is 11.3 Å². The zero-order valence-corrected chi connectivity index (χ0v) is 16.4. The zero-order valence-electron chi connectivity index (χ0n) is 15.6. The van der Waals surface area contributed by atoms with Crippen LogP contribution in [0, 0.1) is 0 Å². The third-order valence-corrected chi connectivity index (χ3v) is 5.15. The molecule has 2 aromatic heterocycles. The number of tetrazole rings is 1. The van der Waals surface area contributed by atoms with Crippen LogP contribution in [0.25, 0.3) is 22.2 Å². The molecule has 0 unspecified atom stereocenters. The first-order valence-electron chi connectivity index (χ1n) is 8.73. The van der Waals surface area contributed by atoms with Crippen molar-refractivity contribution in [2.45, 2.75) is 13.1 Å². The summed E-state index contributed by atoms with van der Waals surface area (Å²) in [6, 6.07) is 14.0. The van der Waals surface area contributed by atoms with Gasteiger partial charge >= 0.3 is 0 Å². The Morgan fingerprint density at radius 3 is 2.79 bits per heavy atom. The summed E-state index contributed by atoms with van der Waals surface area (Å²) in [5.74, 6) is 1.28. The predicted octanol–water partition coefficient (Wildman–Crippen LogP) is 3.22. The van der Waals surface area contributed by atoms with Crippen LogP contribution < -0.4 is 4.74 Å². The quantitative estimate of drug-likeness (QED) is 0.503. The molecule has 0 spiro atoms. The van der Waals surface area contributed by atoms with Crippen molar-refractivity contribution in [3.05, 3.63) is 58.8 Å². The van der Waals surface area contributed by atoms with Crippen molar-refractivity contribution in [1.82, 2.24) is 25.1 Å². The van der Waals surface area contributed by atoms with E-state index >= 15 is 0 Å². The summed E-state index contributed by atoms with van der Waals surface area (Å²) in [6.45, 7) is 0.561. The molecule has 2 heterocycles. The van der Waals surface area contributed by atoms with Gasteiger partial charge in [-0.2, -0.15) is 16.1 Å². The van der Waals surface area contributed by atoms with Crippen LogP contribution in [0.1, 0.15) is 5.56 Å². The van der Waals surface area contributed by atoms with Crippen molar-refractivity contribution in [3.8, 4) is 17.1 Å². The Morgan fingerprint density at radius 2 is 2.00 bits per heavy atom. The number of nitrogens with zero attached hydrogens (tertiary/aromatic N) is 5. The Hall–Kier alpha value is -3.26. The summed E-state index contributed by atoms with van der Waals surface area (Å²) in [5.41, 5.74) is 1.96. The van der Waals surface area contributed by atoms with Gasteiger partial charge in [-0.25, -0.2) is 0 Å². The molecule has 2 aromatic carbocycles. The molecule has 7 nitrogen and oxygen atoms in total. The highest BCUT2D eigenvalue weighted by atomic mass is 32.1. The lowest BCUT2D eigenvalue weighted by atomic mass is 10.1. The minimum absolute atomic E-state index is 0.0540.